The molecule has 1 aliphatic rings. The van der Waals surface area contributed by atoms with Gasteiger partial charge in [-0.25, -0.2) is 9.97 Å². The summed E-state index contributed by atoms with van der Waals surface area (Å²) >= 11 is 1.77. The van der Waals surface area contributed by atoms with Gasteiger partial charge in [-0.05, 0) is 38.3 Å². The Balaban J connectivity index is 1.67. The van der Waals surface area contributed by atoms with Gasteiger partial charge in [0.05, 0.1) is 5.39 Å². The second-order valence-corrected chi connectivity index (χ2v) is 6.13. The third kappa shape index (κ3) is 2.87. The lowest BCUT2D eigenvalue weighted by Gasteiger charge is -2.11. The van der Waals surface area contributed by atoms with E-state index < -0.39 is 0 Å². The normalized spacial score (nSPS) is 19.1. The molecule has 1 saturated heterocycles. The first-order valence-electron chi connectivity index (χ1n) is 7.07. The summed E-state index contributed by atoms with van der Waals surface area (Å²) in [4.78, 5) is 11.2. The number of hydrogen-bond donors (Lipinski definition) is 2. The van der Waals surface area contributed by atoms with Crippen molar-refractivity contribution in [3.05, 3.63) is 17.3 Å². The fourth-order valence-electron chi connectivity index (χ4n) is 2.59. The lowest BCUT2D eigenvalue weighted by Crippen LogP contribution is -2.24. The van der Waals surface area contributed by atoms with Crippen LogP contribution in [0.2, 0.25) is 0 Å². The third-order valence-electron chi connectivity index (χ3n) is 3.68. The molecule has 5 heteroatoms. The standard InChI is InChI=1S/C14H20N4S/c1-2-11-8-12-13(17-9-18-14(12)19-11)16-7-5-10-4-3-6-15-10/h8-10,15H,2-7H2,1H3,(H,16,17,18). The molecule has 102 valence electrons. The molecule has 0 bridgehead atoms. The third-order valence-corrected chi connectivity index (χ3v) is 4.86. The predicted octanol–water partition coefficient (Wildman–Crippen LogP) is 2.81. The van der Waals surface area contributed by atoms with Crippen molar-refractivity contribution in [3.63, 3.8) is 0 Å². The molecule has 0 radical (unpaired) electrons. The van der Waals surface area contributed by atoms with E-state index in [0.29, 0.717) is 6.04 Å². The predicted molar refractivity (Wildman–Crippen MR) is 80.9 cm³/mol. The lowest BCUT2D eigenvalue weighted by molar-refractivity contribution is 0.574. The minimum Gasteiger partial charge on any atom is -0.369 e. The first-order valence-corrected chi connectivity index (χ1v) is 7.89. The van der Waals surface area contributed by atoms with Crippen molar-refractivity contribution in [1.82, 2.24) is 15.3 Å². The number of aromatic nitrogens is 2. The van der Waals surface area contributed by atoms with Gasteiger partial charge in [-0.15, -0.1) is 11.3 Å². The van der Waals surface area contributed by atoms with Crippen LogP contribution in [0.25, 0.3) is 10.2 Å². The Hall–Kier alpha value is -1.20. The van der Waals surface area contributed by atoms with Gasteiger partial charge < -0.3 is 10.6 Å². The second-order valence-electron chi connectivity index (χ2n) is 5.02. The van der Waals surface area contributed by atoms with E-state index in [-0.39, 0.29) is 0 Å². The van der Waals surface area contributed by atoms with Gasteiger partial charge >= 0.3 is 0 Å². The Morgan fingerprint density at radius 1 is 1.47 bits per heavy atom. The maximum atomic E-state index is 4.38. The van der Waals surface area contributed by atoms with Gasteiger partial charge in [0.1, 0.15) is 17.0 Å². The summed E-state index contributed by atoms with van der Waals surface area (Å²) in [6.45, 7) is 4.32. The fourth-order valence-corrected chi connectivity index (χ4v) is 3.52. The fraction of sp³-hybridized carbons (Fsp3) is 0.571. The zero-order chi connectivity index (χ0) is 13.1. The Bertz CT molecular complexity index is 545. The van der Waals surface area contributed by atoms with Gasteiger partial charge in [0, 0.05) is 17.5 Å². The number of nitrogens with zero attached hydrogens (tertiary/aromatic N) is 2. The number of hydrogen-bond acceptors (Lipinski definition) is 5. The van der Waals surface area contributed by atoms with E-state index in [1.165, 1.54) is 29.6 Å². The number of thiophene rings is 1. The van der Waals surface area contributed by atoms with Crippen LogP contribution in [0.1, 0.15) is 31.1 Å². The Morgan fingerprint density at radius 3 is 3.21 bits per heavy atom. The summed E-state index contributed by atoms with van der Waals surface area (Å²) in [6.07, 6.45) is 6.50. The molecule has 0 amide bonds. The molecule has 3 rings (SSSR count). The van der Waals surface area contributed by atoms with Crippen LogP contribution in [-0.4, -0.2) is 29.1 Å². The molecule has 19 heavy (non-hydrogen) atoms. The van der Waals surface area contributed by atoms with Gasteiger partial charge in [-0.1, -0.05) is 6.92 Å². The summed E-state index contributed by atoms with van der Waals surface area (Å²) in [5.74, 6) is 0.985. The van der Waals surface area contributed by atoms with Crippen molar-refractivity contribution in [2.75, 3.05) is 18.4 Å². The van der Waals surface area contributed by atoms with Crippen molar-refractivity contribution in [2.45, 2.75) is 38.6 Å². The highest BCUT2D eigenvalue weighted by Gasteiger charge is 2.13. The van der Waals surface area contributed by atoms with Crippen LogP contribution < -0.4 is 10.6 Å². The molecule has 0 aliphatic carbocycles. The van der Waals surface area contributed by atoms with Gasteiger partial charge in [0.25, 0.3) is 0 Å². The van der Waals surface area contributed by atoms with Crippen molar-refractivity contribution in [3.8, 4) is 0 Å². The molecule has 1 atom stereocenters. The second kappa shape index (κ2) is 5.84. The monoisotopic (exact) mass is 276 g/mol. The number of fused-ring (bicyclic) bond motifs is 1. The zero-order valence-electron chi connectivity index (χ0n) is 11.3. The number of nitrogens with one attached hydrogen (secondary N) is 2. The average molecular weight is 276 g/mol. The first-order chi connectivity index (χ1) is 9.36. The van der Waals surface area contributed by atoms with E-state index in [0.717, 1.165) is 30.0 Å². The molecular formula is C14H20N4S. The topological polar surface area (TPSA) is 49.8 Å². The van der Waals surface area contributed by atoms with Crippen molar-refractivity contribution in [1.29, 1.82) is 0 Å². The number of aryl methyl sites for hydroxylation is 1. The van der Waals surface area contributed by atoms with Crippen LogP contribution in [0.15, 0.2) is 12.4 Å². The summed E-state index contributed by atoms with van der Waals surface area (Å²) in [6, 6.07) is 2.90. The molecule has 1 fully saturated rings. The minimum atomic E-state index is 0.679. The molecule has 0 spiro atoms. The molecule has 2 aromatic heterocycles. The molecular weight excluding hydrogens is 256 g/mol. The van der Waals surface area contributed by atoms with Gasteiger partial charge in [-0.2, -0.15) is 0 Å². The van der Waals surface area contributed by atoms with Crippen LogP contribution >= 0.6 is 11.3 Å². The van der Waals surface area contributed by atoms with Crippen LogP contribution in [0.5, 0.6) is 0 Å². The van der Waals surface area contributed by atoms with E-state index in [1.54, 1.807) is 17.7 Å². The van der Waals surface area contributed by atoms with Crippen LogP contribution in [-0.2, 0) is 6.42 Å². The van der Waals surface area contributed by atoms with Gasteiger partial charge in [0.2, 0.25) is 0 Å². The van der Waals surface area contributed by atoms with Crippen LogP contribution in [0.4, 0.5) is 5.82 Å². The summed E-state index contributed by atoms with van der Waals surface area (Å²) in [5.41, 5.74) is 0. The lowest BCUT2D eigenvalue weighted by atomic mass is 10.1. The van der Waals surface area contributed by atoms with Gasteiger partial charge in [-0.3, -0.25) is 0 Å². The maximum absolute atomic E-state index is 4.38. The van der Waals surface area contributed by atoms with E-state index in [9.17, 15) is 0 Å². The zero-order valence-corrected chi connectivity index (χ0v) is 12.1. The Morgan fingerprint density at radius 2 is 2.42 bits per heavy atom. The van der Waals surface area contributed by atoms with E-state index >= 15 is 0 Å². The molecule has 3 heterocycles. The highest BCUT2D eigenvalue weighted by atomic mass is 32.1. The summed E-state index contributed by atoms with van der Waals surface area (Å²) < 4.78 is 0. The molecule has 2 aromatic rings. The van der Waals surface area contributed by atoms with E-state index in [4.69, 9.17) is 0 Å². The minimum absolute atomic E-state index is 0.679. The highest BCUT2D eigenvalue weighted by molar-refractivity contribution is 7.18. The quantitative estimate of drug-likeness (QED) is 0.881. The molecule has 1 unspecified atom stereocenters. The van der Waals surface area contributed by atoms with E-state index in [2.05, 4.69) is 33.6 Å². The number of rotatable bonds is 5. The molecule has 2 N–H and O–H groups in total. The number of anilines is 1. The molecule has 0 saturated carbocycles. The summed E-state index contributed by atoms with van der Waals surface area (Å²) in [7, 11) is 0. The molecule has 4 nitrogen and oxygen atoms in total. The average Bonchev–Trinajstić information content (AvgIpc) is 3.07. The molecule has 1 aliphatic heterocycles. The van der Waals surface area contributed by atoms with E-state index in [1.807, 2.05) is 0 Å². The van der Waals surface area contributed by atoms with Crippen LogP contribution in [0.3, 0.4) is 0 Å². The van der Waals surface area contributed by atoms with Crippen molar-refractivity contribution in [2.24, 2.45) is 0 Å². The van der Waals surface area contributed by atoms with Gasteiger partial charge in [0.15, 0.2) is 0 Å². The maximum Gasteiger partial charge on any atom is 0.138 e. The highest BCUT2D eigenvalue weighted by Crippen LogP contribution is 2.28. The van der Waals surface area contributed by atoms with Crippen molar-refractivity contribution < 1.29 is 0 Å². The molecule has 0 aromatic carbocycles. The smallest absolute Gasteiger partial charge is 0.138 e. The van der Waals surface area contributed by atoms with Crippen molar-refractivity contribution >= 4 is 27.4 Å². The largest absolute Gasteiger partial charge is 0.369 e. The Kier molecular flexibility index (Phi) is 3.94. The van der Waals surface area contributed by atoms with Crippen LogP contribution in [0, 0.1) is 0 Å². The Labute approximate surface area is 117 Å². The first kappa shape index (κ1) is 12.8. The summed E-state index contributed by atoms with van der Waals surface area (Å²) in [5, 5.41) is 8.16. The SMILES string of the molecule is CCc1cc2c(NCCC3CCCN3)ncnc2s1.